The number of aromatic nitrogens is 2. The van der Waals surface area contributed by atoms with E-state index in [1.165, 1.54) is 44.3 Å². The number of amides is 1. The van der Waals surface area contributed by atoms with Crippen LogP contribution in [0.3, 0.4) is 0 Å². The first kappa shape index (κ1) is 61.2. The van der Waals surface area contributed by atoms with E-state index in [4.69, 9.17) is 42.8 Å². The molecule has 2 saturated heterocycles. The fraction of sp³-hybridized carbons (Fsp3) is 0.460. The smallest absolute Gasteiger partial charge is 0.459 e. The van der Waals surface area contributed by atoms with E-state index in [2.05, 4.69) is 21.7 Å². The minimum atomic E-state index is -4.67. The first-order valence-corrected chi connectivity index (χ1v) is 27.3. The molecule has 3 aliphatic rings. The predicted octanol–water partition coefficient (Wildman–Crippen LogP) is 6.93. The van der Waals surface area contributed by atoms with Gasteiger partial charge in [0, 0.05) is 17.8 Å². The zero-order valence-corrected chi connectivity index (χ0v) is 45.4. The van der Waals surface area contributed by atoms with Crippen LogP contribution in [0.1, 0.15) is 68.0 Å². The molecule has 0 spiro atoms. The van der Waals surface area contributed by atoms with Crippen molar-refractivity contribution >= 4 is 49.9 Å². The molecule has 22 nitrogen and oxygen atoms in total. The number of carbonyl (C=O) groups excluding carboxylic acids is 3. The van der Waals surface area contributed by atoms with E-state index >= 15 is 17.6 Å². The molecule has 28 heteroatoms. The molecule has 4 aromatic rings. The van der Waals surface area contributed by atoms with Gasteiger partial charge in [-0.3, -0.25) is 32.9 Å². The summed E-state index contributed by atoms with van der Waals surface area (Å²) in [6.45, 7) is 11.9. The van der Waals surface area contributed by atoms with Crippen LogP contribution in [0.25, 0.3) is 10.8 Å². The summed E-state index contributed by atoms with van der Waals surface area (Å²) in [5.74, 6) is -8.80. The number of aliphatic hydroxyl groups is 2. The largest absolute Gasteiger partial charge is 0.462 e. The van der Waals surface area contributed by atoms with Crippen LogP contribution in [0.15, 0.2) is 114 Å². The number of nitrogens with two attached hydrogens (primary N) is 1. The highest BCUT2D eigenvalue weighted by molar-refractivity contribution is 7.52. The minimum Gasteiger partial charge on any atom is -0.462 e. The molecule has 0 unspecified atom stereocenters. The van der Waals surface area contributed by atoms with Gasteiger partial charge in [-0.1, -0.05) is 61.2 Å². The Morgan fingerprint density at radius 3 is 1.81 bits per heavy atom. The Morgan fingerprint density at radius 1 is 0.769 bits per heavy atom. The van der Waals surface area contributed by atoms with Crippen LogP contribution < -0.4 is 30.6 Å². The maximum atomic E-state index is 16.0. The van der Waals surface area contributed by atoms with Crippen molar-refractivity contribution in [1.29, 1.82) is 0 Å². The van der Waals surface area contributed by atoms with Crippen molar-refractivity contribution < 1.29 is 88.3 Å². The van der Waals surface area contributed by atoms with Crippen molar-refractivity contribution in [2.45, 2.75) is 134 Å². The second-order valence-electron chi connectivity index (χ2n) is 19.3. The van der Waals surface area contributed by atoms with Gasteiger partial charge in [-0.05, 0) is 96.7 Å². The quantitative estimate of drug-likeness (QED) is 0.0340. The second kappa shape index (κ2) is 24.1. The predicted molar refractivity (Wildman–Crippen MR) is 273 cm³/mol. The van der Waals surface area contributed by atoms with Crippen molar-refractivity contribution in [1.82, 2.24) is 24.6 Å². The summed E-state index contributed by atoms with van der Waals surface area (Å²) in [6, 6.07) is 18.2. The monoisotopic (exact) mass is 1140 g/mol. The van der Waals surface area contributed by atoms with Gasteiger partial charge in [0.2, 0.25) is 5.91 Å². The van der Waals surface area contributed by atoms with Crippen LogP contribution in [0.4, 0.5) is 23.4 Å². The Kier molecular flexibility index (Phi) is 18.9. The van der Waals surface area contributed by atoms with E-state index < -0.39 is 124 Å². The normalized spacial score (nSPS) is 28.3. The molecule has 1 aromatic heterocycles. The molecule has 78 heavy (non-hydrogen) atoms. The van der Waals surface area contributed by atoms with Crippen LogP contribution >= 0.6 is 15.5 Å². The molecule has 12 atom stereocenters. The van der Waals surface area contributed by atoms with Crippen molar-refractivity contribution in [3.05, 3.63) is 120 Å². The number of hydrogen-bond donors (Lipinski definition) is 5. The van der Waals surface area contributed by atoms with Crippen molar-refractivity contribution in [3.8, 4) is 11.5 Å². The first-order chi connectivity index (χ1) is 36.3. The third kappa shape index (κ3) is 14.2. The summed E-state index contributed by atoms with van der Waals surface area (Å²) in [5, 5.41) is 27.1. The number of alkyl halides is 4. The number of nitrogens with one attached hydrogen (secondary N) is 2. The maximum Gasteiger partial charge on any atom is 0.459 e. The molecule has 3 aromatic carbocycles. The summed E-state index contributed by atoms with van der Waals surface area (Å²) < 4.78 is 134. The first-order valence-electron chi connectivity index (χ1n) is 24.2. The van der Waals surface area contributed by atoms with Gasteiger partial charge in [0.15, 0.2) is 36.0 Å². The fourth-order valence-electron chi connectivity index (χ4n) is 7.95. The summed E-state index contributed by atoms with van der Waals surface area (Å²) in [6.07, 6.45) is -6.25. The Balaban J connectivity index is 0.000000254. The lowest BCUT2D eigenvalue weighted by molar-refractivity contribution is -0.209. The topological polar surface area (TPSA) is 288 Å². The average Bonchev–Trinajstić information content (AvgIpc) is 3.77. The summed E-state index contributed by atoms with van der Waals surface area (Å²) in [5.41, 5.74) is -0.772. The van der Waals surface area contributed by atoms with E-state index in [1.807, 2.05) is 0 Å². The van der Waals surface area contributed by atoms with Crippen molar-refractivity contribution in [3.63, 3.8) is 0 Å². The van der Waals surface area contributed by atoms with Gasteiger partial charge in [-0.15, -0.1) is 0 Å². The summed E-state index contributed by atoms with van der Waals surface area (Å²) >= 11 is 0. The number of nitrogen functional groups attached to an aromatic ring is 1. The SMILES string of the molecule is C=C1C=CN([C@@H]2O[C@](F)(CO[P@@](=O)(N[C@@H](C)C(=O)OC(C)C)Oc3ccccc3)[C@@H](O)[C@@]2(C)F)C(=O)C1.CC(C)OC(=O)[C@H](C)N[P@](=O)(OC[C@@]1(F)O[C@@H](n2ccc(N)nc2=O)[C@](C)(F)[C@@H]1O)Oc1cccc2ccccc12. The number of esters is 2. The number of allylic oxidation sites excluding steroid dienone is 1. The molecule has 4 heterocycles. The van der Waals surface area contributed by atoms with Crippen LogP contribution in [0.2, 0.25) is 0 Å². The molecule has 426 valence electrons. The van der Waals surface area contributed by atoms with Crippen molar-refractivity contribution in [2.75, 3.05) is 18.9 Å². The standard InChI is InChI=1S/C26H31F2N4O8P.C24H31F2N2O8P/c1-15(2)38-21(33)16(3)31-41(36,40-19-11-7-9-17-8-5-6-10-18(17)19)37-14-26(28)22(34)25(4,27)23(39-26)32-13-12-20(29)30-24(32)35;1-15(2)34-20(30)17(4)27-37(32,36-18-9-7-6-8-10-18)33-14-24(26)21(31)23(5,25)22(35-24)28-12-11-16(3)13-19(28)29/h5-13,15-16,22-23,34H,14H2,1-4H3,(H,31,36)(H2,29,30,35);6-12,15,17,21-22,31H,3,13-14H2,1-2,4-5H3,(H,27,32)/t16-,22-,23+,25+,26+,41-;17-,21-,22+,23+,24+,37-/m00/s1. The highest BCUT2D eigenvalue weighted by Gasteiger charge is 2.67. The number of halogens is 4. The Labute approximate surface area is 445 Å². The molecule has 2 fully saturated rings. The Morgan fingerprint density at radius 2 is 1.27 bits per heavy atom. The fourth-order valence-corrected chi connectivity index (χ4v) is 11.0. The number of benzene rings is 3. The van der Waals surface area contributed by atoms with Crippen LogP contribution in [0, 0.1) is 0 Å². The van der Waals surface area contributed by atoms with E-state index in [1.54, 1.807) is 82.3 Å². The average molecular weight is 1140 g/mol. The zero-order chi connectivity index (χ0) is 57.8. The van der Waals surface area contributed by atoms with E-state index in [-0.39, 0.29) is 23.7 Å². The third-order valence-corrected chi connectivity index (χ3v) is 15.1. The van der Waals surface area contributed by atoms with E-state index in [0.717, 1.165) is 36.4 Å². The molecule has 0 bridgehead atoms. The van der Waals surface area contributed by atoms with Gasteiger partial charge in [-0.2, -0.15) is 15.2 Å². The molecule has 7 rings (SSSR count). The maximum absolute atomic E-state index is 16.0. The third-order valence-electron chi connectivity index (χ3n) is 11.9. The molecular weight excluding hydrogens is 1080 g/mol. The lowest BCUT2D eigenvalue weighted by atomic mass is 9.96. The number of nitrogens with zero attached hydrogens (tertiary/aromatic N) is 3. The number of rotatable bonds is 20. The second-order valence-corrected chi connectivity index (χ2v) is 22.7. The molecule has 1 amide bonds. The van der Waals surface area contributed by atoms with Gasteiger partial charge < -0.3 is 43.9 Å². The Hall–Kier alpha value is -6.05. The summed E-state index contributed by atoms with van der Waals surface area (Å²) in [7, 11) is -9.21. The number of carbonyl (C=O) groups is 3. The highest BCUT2D eigenvalue weighted by Crippen LogP contribution is 2.53. The van der Waals surface area contributed by atoms with Gasteiger partial charge in [0.1, 0.15) is 42.6 Å². The molecule has 3 aliphatic heterocycles. The highest BCUT2D eigenvalue weighted by atomic mass is 31.2. The van der Waals surface area contributed by atoms with Crippen LogP contribution in [0.5, 0.6) is 11.5 Å². The number of para-hydroxylation sites is 1. The summed E-state index contributed by atoms with van der Waals surface area (Å²) in [4.78, 5) is 53.7. The number of anilines is 1. The molecular formula is C50H62F4N6O16P2. The van der Waals surface area contributed by atoms with Gasteiger partial charge in [0.05, 0.1) is 18.6 Å². The van der Waals surface area contributed by atoms with Gasteiger partial charge >= 0.3 is 33.1 Å². The minimum absolute atomic E-state index is 0.0565. The van der Waals surface area contributed by atoms with Crippen LogP contribution in [-0.4, -0.2) is 121 Å². The van der Waals surface area contributed by atoms with E-state index in [9.17, 15) is 38.5 Å². The van der Waals surface area contributed by atoms with Crippen LogP contribution in [-0.2, 0) is 51.5 Å². The molecule has 0 radical (unpaired) electrons. The van der Waals surface area contributed by atoms with Gasteiger partial charge in [-0.25, -0.2) is 31.5 Å². The molecule has 0 aliphatic carbocycles. The molecule has 6 N–H and O–H groups in total. The zero-order valence-electron chi connectivity index (χ0n) is 43.6. The molecule has 0 saturated carbocycles. The number of aliphatic hydroxyl groups excluding tert-OH is 2. The number of hydrogen-bond acceptors (Lipinski definition) is 18. The van der Waals surface area contributed by atoms with Crippen molar-refractivity contribution in [2.24, 2.45) is 0 Å². The van der Waals surface area contributed by atoms with E-state index in [0.29, 0.717) is 15.5 Å². The lowest BCUT2D eigenvalue weighted by Crippen LogP contribution is -2.51. The van der Waals surface area contributed by atoms with Gasteiger partial charge in [0.25, 0.3) is 11.7 Å². The number of fused-ring (bicyclic) bond motifs is 1. The lowest BCUT2D eigenvalue weighted by Gasteiger charge is -2.33. The Bertz CT molecular complexity index is 3020. The number of ether oxygens (including phenoxy) is 4.